The Morgan fingerprint density at radius 3 is 2.95 bits per heavy atom. The van der Waals surface area contributed by atoms with Gasteiger partial charge in [-0.05, 0) is 25.6 Å². The number of hydrogen-bond acceptors (Lipinski definition) is 2. The van der Waals surface area contributed by atoms with Gasteiger partial charge in [0, 0.05) is 30.2 Å². The minimum absolute atomic E-state index is 0.0205. The van der Waals surface area contributed by atoms with Gasteiger partial charge in [-0.1, -0.05) is 24.3 Å². The van der Waals surface area contributed by atoms with Gasteiger partial charge in [-0.3, -0.25) is 14.9 Å². The predicted octanol–water partition coefficient (Wildman–Crippen LogP) is 1.97. The Kier molecular flexibility index (Phi) is 3.09. The summed E-state index contributed by atoms with van der Waals surface area (Å²) in [6, 6.07) is 9.99. The number of para-hydroxylation sites is 1. The number of aromatic nitrogens is 1. The maximum absolute atomic E-state index is 12.2. The summed E-state index contributed by atoms with van der Waals surface area (Å²) in [6.07, 6.45) is 4.85. The first-order chi connectivity index (χ1) is 9.24. The maximum atomic E-state index is 12.2. The van der Waals surface area contributed by atoms with Crippen LogP contribution in [0, 0.1) is 0 Å². The zero-order chi connectivity index (χ0) is 13.2. The number of nitrogens with zero attached hydrogens (tertiary/aromatic N) is 2. The number of nitrogens with one attached hydrogen (secondary N) is 1. The molecular weight excluding hydrogens is 238 g/mol. The highest BCUT2D eigenvalue weighted by Gasteiger charge is 2.15. The van der Waals surface area contributed by atoms with Crippen molar-refractivity contribution in [3.05, 3.63) is 48.2 Å². The molecule has 1 aromatic heterocycles. The summed E-state index contributed by atoms with van der Waals surface area (Å²) < 4.78 is 1.78. The molecule has 0 saturated heterocycles. The van der Waals surface area contributed by atoms with Crippen molar-refractivity contribution in [3.8, 4) is 0 Å². The SMILES string of the molecule is CN1CCC=C(C(=O)Nn2ccc3ccccc32)C1. The van der Waals surface area contributed by atoms with Gasteiger partial charge in [-0.15, -0.1) is 0 Å². The van der Waals surface area contributed by atoms with E-state index in [2.05, 4.69) is 10.3 Å². The maximum Gasteiger partial charge on any atom is 0.267 e. The molecule has 2 aromatic rings. The van der Waals surface area contributed by atoms with Gasteiger partial charge in [-0.2, -0.15) is 0 Å². The Labute approximate surface area is 112 Å². The normalized spacial score (nSPS) is 16.4. The van der Waals surface area contributed by atoms with E-state index in [0.717, 1.165) is 29.4 Å². The number of carbonyl (C=O) groups excluding carboxylic acids is 1. The Hall–Kier alpha value is -2.07. The average molecular weight is 255 g/mol. The average Bonchev–Trinajstić information content (AvgIpc) is 2.82. The van der Waals surface area contributed by atoms with Gasteiger partial charge in [0.2, 0.25) is 0 Å². The van der Waals surface area contributed by atoms with Crippen LogP contribution < -0.4 is 5.43 Å². The Morgan fingerprint density at radius 1 is 1.26 bits per heavy atom. The molecule has 0 radical (unpaired) electrons. The third-order valence-electron chi connectivity index (χ3n) is 3.45. The molecule has 0 saturated carbocycles. The van der Waals surface area contributed by atoms with Gasteiger partial charge < -0.3 is 4.90 Å². The van der Waals surface area contributed by atoms with Gasteiger partial charge in [0.15, 0.2) is 0 Å². The number of hydrogen-bond donors (Lipinski definition) is 1. The fourth-order valence-corrected chi connectivity index (χ4v) is 2.42. The lowest BCUT2D eigenvalue weighted by atomic mass is 10.1. The van der Waals surface area contributed by atoms with Crippen LogP contribution in [0.2, 0.25) is 0 Å². The molecule has 0 bridgehead atoms. The first-order valence-corrected chi connectivity index (χ1v) is 6.49. The lowest BCUT2D eigenvalue weighted by Crippen LogP contribution is -2.33. The number of carbonyl (C=O) groups is 1. The van der Waals surface area contributed by atoms with Crippen molar-refractivity contribution in [2.75, 3.05) is 25.6 Å². The zero-order valence-corrected chi connectivity index (χ0v) is 11.0. The van der Waals surface area contributed by atoms with Crippen LogP contribution in [0.15, 0.2) is 48.2 Å². The van der Waals surface area contributed by atoms with Crippen LogP contribution in [0.25, 0.3) is 10.9 Å². The molecule has 0 fully saturated rings. The Morgan fingerprint density at radius 2 is 2.11 bits per heavy atom. The molecule has 0 unspecified atom stereocenters. The van der Waals surface area contributed by atoms with Crippen LogP contribution >= 0.6 is 0 Å². The first kappa shape index (κ1) is 12.0. The predicted molar refractivity (Wildman–Crippen MR) is 76.5 cm³/mol. The fraction of sp³-hybridized carbons (Fsp3) is 0.267. The van der Waals surface area contributed by atoms with Crippen molar-refractivity contribution < 1.29 is 4.79 Å². The standard InChI is InChI=1S/C15H17N3O/c1-17-9-4-6-13(11-17)15(19)16-18-10-8-12-5-2-3-7-14(12)18/h2-3,5-8,10H,4,9,11H2,1H3,(H,16,19). The van der Waals surface area contributed by atoms with Gasteiger partial charge in [-0.25, -0.2) is 0 Å². The second-order valence-electron chi connectivity index (χ2n) is 4.94. The molecule has 0 spiro atoms. The third-order valence-corrected chi connectivity index (χ3v) is 3.45. The number of rotatable bonds is 2. The first-order valence-electron chi connectivity index (χ1n) is 6.49. The number of fused-ring (bicyclic) bond motifs is 1. The number of benzene rings is 1. The number of amides is 1. The fourth-order valence-electron chi connectivity index (χ4n) is 2.42. The summed E-state index contributed by atoms with van der Waals surface area (Å²) in [4.78, 5) is 14.4. The van der Waals surface area contributed by atoms with E-state index in [1.807, 2.05) is 49.7 Å². The smallest absolute Gasteiger partial charge is 0.267 e. The molecule has 1 N–H and O–H groups in total. The summed E-state index contributed by atoms with van der Waals surface area (Å²) in [5, 5.41) is 1.12. The second-order valence-corrected chi connectivity index (χ2v) is 4.94. The van der Waals surface area contributed by atoms with E-state index < -0.39 is 0 Å². The van der Waals surface area contributed by atoms with Crippen molar-refractivity contribution >= 4 is 16.8 Å². The summed E-state index contributed by atoms with van der Waals surface area (Å²) in [5.41, 5.74) is 4.79. The molecule has 1 amide bonds. The van der Waals surface area contributed by atoms with Crippen molar-refractivity contribution in [2.24, 2.45) is 0 Å². The van der Waals surface area contributed by atoms with Crippen LogP contribution in [0.1, 0.15) is 6.42 Å². The summed E-state index contributed by atoms with van der Waals surface area (Å²) in [6.45, 7) is 1.73. The largest absolute Gasteiger partial charge is 0.302 e. The molecule has 1 aliphatic heterocycles. The van der Waals surface area contributed by atoms with E-state index >= 15 is 0 Å². The van der Waals surface area contributed by atoms with Gasteiger partial charge in [0.1, 0.15) is 0 Å². The van der Waals surface area contributed by atoms with E-state index in [1.165, 1.54) is 0 Å². The van der Waals surface area contributed by atoms with Crippen LogP contribution in [-0.4, -0.2) is 35.6 Å². The highest BCUT2D eigenvalue weighted by molar-refractivity contribution is 6.00. The molecule has 4 nitrogen and oxygen atoms in total. The van der Waals surface area contributed by atoms with Crippen molar-refractivity contribution in [1.82, 2.24) is 9.58 Å². The molecule has 1 aromatic carbocycles. The zero-order valence-electron chi connectivity index (χ0n) is 11.0. The van der Waals surface area contributed by atoms with Crippen LogP contribution in [0.5, 0.6) is 0 Å². The van der Waals surface area contributed by atoms with Crippen molar-refractivity contribution in [3.63, 3.8) is 0 Å². The summed E-state index contributed by atoms with van der Waals surface area (Å²) in [5.74, 6) is -0.0205. The van der Waals surface area contributed by atoms with E-state index in [9.17, 15) is 4.79 Å². The molecule has 3 rings (SSSR count). The van der Waals surface area contributed by atoms with Crippen molar-refractivity contribution in [2.45, 2.75) is 6.42 Å². The lowest BCUT2D eigenvalue weighted by molar-refractivity contribution is -0.114. The van der Waals surface area contributed by atoms with E-state index in [-0.39, 0.29) is 5.91 Å². The van der Waals surface area contributed by atoms with Crippen LogP contribution in [-0.2, 0) is 4.79 Å². The van der Waals surface area contributed by atoms with Gasteiger partial charge in [0.25, 0.3) is 5.91 Å². The lowest BCUT2D eigenvalue weighted by Gasteiger charge is -2.22. The van der Waals surface area contributed by atoms with E-state index in [4.69, 9.17) is 0 Å². The number of likely N-dealkylation sites (N-methyl/N-ethyl adjacent to an activating group) is 1. The minimum atomic E-state index is -0.0205. The molecular formula is C15H17N3O. The molecule has 0 atom stereocenters. The van der Waals surface area contributed by atoms with E-state index in [1.54, 1.807) is 4.68 Å². The Balaban J connectivity index is 1.81. The topological polar surface area (TPSA) is 37.3 Å². The highest BCUT2D eigenvalue weighted by atomic mass is 16.2. The molecule has 0 aliphatic carbocycles. The minimum Gasteiger partial charge on any atom is -0.302 e. The van der Waals surface area contributed by atoms with Gasteiger partial charge >= 0.3 is 0 Å². The molecule has 1 aliphatic rings. The highest BCUT2D eigenvalue weighted by Crippen LogP contribution is 2.14. The summed E-state index contributed by atoms with van der Waals surface area (Å²) >= 11 is 0. The molecule has 4 heteroatoms. The third kappa shape index (κ3) is 2.39. The van der Waals surface area contributed by atoms with Crippen LogP contribution in [0.4, 0.5) is 0 Å². The van der Waals surface area contributed by atoms with E-state index in [0.29, 0.717) is 6.54 Å². The molecule has 2 heterocycles. The molecule has 98 valence electrons. The quantitative estimate of drug-likeness (QED) is 0.891. The molecule has 19 heavy (non-hydrogen) atoms. The van der Waals surface area contributed by atoms with Gasteiger partial charge in [0.05, 0.1) is 5.52 Å². The van der Waals surface area contributed by atoms with Crippen molar-refractivity contribution in [1.29, 1.82) is 0 Å². The monoisotopic (exact) mass is 255 g/mol. The second kappa shape index (κ2) is 4.90. The van der Waals surface area contributed by atoms with Crippen LogP contribution in [0.3, 0.4) is 0 Å². The Bertz CT molecular complexity index is 642. The summed E-state index contributed by atoms with van der Waals surface area (Å²) in [7, 11) is 2.03.